The molecule has 3 nitrogen and oxygen atoms in total. The SMILES string of the molecule is CCC(C)(C)OC(C)(CC(C)C)C(=O)O. The minimum atomic E-state index is -1.08. The fourth-order valence-corrected chi connectivity index (χ4v) is 1.63. The molecule has 0 aliphatic rings. The molecule has 0 bridgehead atoms. The summed E-state index contributed by atoms with van der Waals surface area (Å²) in [5.74, 6) is -0.573. The number of hydrogen-bond donors (Lipinski definition) is 1. The molecule has 1 unspecified atom stereocenters. The van der Waals surface area contributed by atoms with E-state index in [1.165, 1.54) is 0 Å². The molecule has 0 fully saturated rings. The number of aliphatic carboxylic acids is 1. The Morgan fingerprint density at radius 3 is 2.07 bits per heavy atom. The van der Waals surface area contributed by atoms with Crippen molar-refractivity contribution in [1.82, 2.24) is 0 Å². The van der Waals surface area contributed by atoms with Crippen molar-refractivity contribution >= 4 is 5.97 Å². The van der Waals surface area contributed by atoms with Crippen LogP contribution in [0.15, 0.2) is 0 Å². The number of carboxylic acids is 1. The van der Waals surface area contributed by atoms with E-state index in [0.717, 1.165) is 6.42 Å². The molecule has 0 saturated heterocycles. The molecule has 0 spiro atoms. The highest BCUT2D eigenvalue weighted by Crippen LogP contribution is 2.28. The van der Waals surface area contributed by atoms with Crippen LogP contribution in [0.3, 0.4) is 0 Å². The van der Waals surface area contributed by atoms with Crippen molar-refractivity contribution < 1.29 is 14.6 Å². The van der Waals surface area contributed by atoms with Gasteiger partial charge in [0.2, 0.25) is 0 Å². The van der Waals surface area contributed by atoms with Gasteiger partial charge in [-0.25, -0.2) is 4.79 Å². The lowest BCUT2D eigenvalue weighted by Gasteiger charge is -2.36. The smallest absolute Gasteiger partial charge is 0.335 e. The molecule has 0 aromatic rings. The summed E-state index contributed by atoms with van der Waals surface area (Å²) in [5, 5.41) is 9.22. The van der Waals surface area contributed by atoms with Gasteiger partial charge >= 0.3 is 5.97 Å². The highest BCUT2D eigenvalue weighted by molar-refractivity contribution is 5.77. The van der Waals surface area contributed by atoms with E-state index in [0.29, 0.717) is 12.3 Å². The van der Waals surface area contributed by atoms with E-state index in [4.69, 9.17) is 4.74 Å². The van der Waals surface area contributed by atoms with E-state index in [-0.39, 0.29) is 5.60 Å². The van der Waals surface area contributed by atoms with Crippen molar-refractivity contribution in [2.75, 3.05) is 0 Å². The second-order valence-corrected chi connectivity index (χ2v) is 5.35. The fraction of sp³-hybridized carbons (Fsp3) is 0.917. The third-order valence-electron chi connectivity index (χ3n) is 2.60. The first-order valence-electron chi connectivity index (χ1n) is 5.56. The van der Waals surface area contributed by atoms with Gasteiger partial charge in [0.1, 0.15) is 0 Å². The first-order valence-corrected chi connectivity index (χ1v) is 5.56. The first kappa shape index (κ1) is 14.4. The summed E-state index contributed by atoms with van der Waals surface area (Å²) in [5.41, 5.74) is -1.46. The lowest BCUT2D eigenvalue weighted by Crippen LogP contribution is -2.46. The standard InChI is InChI=1S/C12H24O3/c1-7-11(4,5)15-12(6,10(13)14)8-9(2)3/h9H,7-8H2,1-6H3,(H,13,14). The van der Waals surface area contributed by atoms with Gasteiger partial charge in [-0.1, -0.05) is 20.8 Å². The Morgan fingerprint density at radius 2 is 1.80 bits per heavy atom. The molecule has 0 aromatic heterocycles. The van der Waals surface area contributed by atoms with Crippen LogP contribution >= 0.6 is 0 Å². The summed E-state index contributed by atoms with van der Waals surface area (Å²) in [6.45, 7) is 11.5. The van der Waals surface area contributed by atoms with Crippen molar-refractivity contribution in [3.8, 4) is 0 Å². The largest absolute Gasteiger partial charge is 0.479 e. The summed E-state index contributed by atoms with van der Waals surface area (Å²) in [6.07, 6.45) is 1.33. The van der Waals surface area contributed by atoms with Crippen molar-refractivity contribution in [2.45, 2.75) is 65.6 Å². The molecule has 0 heterocycles. The maximum absolute atomic E-state index is 11.2. The molecular formula is C12H24O3. The van der Waals surface area contributed by atoms with Gasteiger partial charge in [-0.2, -0.15) is 0 Å². The van der Waals surface area contributed by atoms with E-state index in [2.05, 4.69) is 0 Å². The maximum atomic E-state index is 11.2. The zero-order valence-electron chi connectivity index (χ0n) is 10.8. The number of hydrogen-bond acceptors (Lipinski definition) is 2. The number of ether oxygens (including phenoxy) is 1. The monoisotopic (exact) mass is 216 g/mol. The maximum Gasteiger partial charge on any atom is 0.335 e. The van der Waals surface area contributed by atoms with Crippen LogP contribution in [0.2, 0.25) is 0 Å². The summed E-state index contributed by atoms with van der Waals surface area (Å²) < 4.78 is 5.75. The molecule has 0 aromatic carbocycles. The number of carbonyl (C=O) groups is 1. The average Bonchev–Trinajstić information content (AvgIpc) is 2.01. The third-order valence-corrected chi connectivity index (χ3v) is 2.60. The lowest BCUT2D eigenvalue weighted by atomic mass is 9.92. The first-order chi connectivity index (χ1) is 6.63. The van der Waals surface area contributed by atoms with Gasteiger partial charge in [0.05, 0.1) is 5.60 Å². The lowest BCUT2D eigenvalue weighted by molar-refractivity contribution is -0.187. The van der Waals surface area contributed by atoms with Gasteiger partial charge in [0, 0.05) is 0 Å². The van der Waals surface area contributed by atoms with Crippen molar-refractivity contribution in [3.63, 3.8) is 0 Å². The molecule has 1 N–H and O–H groups in total. The highest BCUT2D eigenvalue weighted by atomic mass is 16.5. The molecule has 0 saturated carbocycles. The zero-order valence-corrected chi connectivity index (χ0v) is 10.8. The van der Waals surface area contributed by atoms with Crippen LogP contribution in [-0.4, -0.2) is 22.3 Å². The third kappa shape index (κ3) is 4.65. The second-order valence-electron chi connectivity index (χ2n) is 5.35. The molecule has 3 heteroatoms. The molecule has 0 rings (SSSR count). The summed E-state index contributed by atoms with van der Waals surface area (Å²) >= 11 is 0. The summed E-state index contributed by atoms with van der Waals surface area (Å²) in [6, 6.07) is 0. The normalized spacial score (nSPS) is 16.5. The van der Waals surface area contributed by atoms with Gasteiger partial charge in [-0.05, 0) is 39.5 Å². The van der Waals surface area contributed by atoms with Gasteiger partial charge in [-0.3, -0.25) is 0 Å². The van der Waals surface area contributed by atoms with Crippen LogP contribution in [0.1, 0.15) is 54.4 Å². The molecule has 90 valence electrons. The Balaban J connectivity index is 4.73. The molecule has 0 amide bonds. The van der Waals surface area contributed by atoms with Crippen molar-refractivity contribution in [3.05, 3.63) is 0 Å². The van der Waals surface area contributed by atoms with Gasteiger partial charge in [-0.15, -0.1) is 0 Å². The Labute approximate surface area is 92.8 Å². The van der Waals surface area contributed by atoms with Gasteiger partial charge in [0.15, 0.2) is 5.60 Å². The van der Waals surface area contributed by atoms with Gasteiger partial charge in [0.25, 0.3) is 0 Å². The molecule has 15 heavy (non-hydrogen) atoms. The molecule has 1 atom stereocenters. The quantitative estimate of drug-likeness (QED) is 0.742. The summed E-state index contributed by atoms with van der Waals surface area (Å²) in [4.78, 5) is 11.2. The highest BCUT2D eigenvalue weighted by Gasteiger charge is 2.39. The summed E-state index contributed by atoms with van der Waals surface area (Å²) in [7, 11) is 0. The van der Waals surface area contributed by atoms with E-state index in [1.54, 1.807) is 6.92 Å². The predicted molar refractivity (Wildman–Crippen MR) is 61.0 cm³/mol. The van der Waals surface area contributed by atoms with Crippen molar-refractivity contribution in [1.29, 1.82) is 0 Å². The second kappa shape index (κ2) is 4.97. The Hall–Kier alpha value is -0.570. The van der Waals surface area contributed by atoms with E-state index in [9.17, 15) is 9.90 Å². The van der Waals surface area contributed by atoms with Gasteiger partial charge < -0.3 is 9.84 Å². The minimum absolute atomic E-state index is 0.304. The predicted octanol–water partition coefficient (Wildman–Crippen LogP) is 3.08. The average molecular weight is 216 g/mol. The molecular weight excluding hydrogens is 192 g/mol. The topological polar surface area (TPSA) is 46.5 Å². The van der Waals surface area contributed by atoms with Crippen molar-refractivity contribution in [2.24, 2.45) is 5.92 Å². The molecule has 0 radical (unpaired) electrons. The minimum Gasteiger partial charge on any atom is -0.479 e. The Morgan fingerprint density at radius 1 is 1.33 bits per heavy atom. The van der Waals surface area contributed by atoms with Crippen LogP contribution in [-0.2, 0) is 9.53 Å². The van der Waals surface area contributed by atoms with Crippen LogP contribution in [0.5, 0.6) is 0 Å². The van der Waals surface area contributed by atoms with E-state index in [1.807, 2.05) is 34.6 Å². The van der Waals surface area contributed by atoms with Crippen LogP contribution in [0.25, 0.3) is 0 Å². The number of rotatable bonds is 6. The zero-order chi connectivity index (χ0) is 12.3. The van der Waals surface area contributed by atoms with Crippen LogP contribution in [0, 0.1) is 5.92 Å². The fourth-order valence-electron chi connectivity index (χ4n) is 1.63. The molecule has 0 aliphatic heterocycles. The van der Waals surface area contributed by atoms with Crippen LogP contribution < -0.4 is 0 Å². The van der Waals surface area contributed by atoms with E-state index >= 15 is 0 Å². The molecule has 0 aliphatic carbocycles. The number of carboxylic acid groups (broad SMARTS) is 1. The Bertz CT molecular complexity index is 221. The van der Waals surface area contributed by atoms with E-state index < -0.39 is 11.6 Å². The van der Waals surface area contributed by atoms with Crippen LogP contribution in [0.4, 0.5) is 0 Å². The Kier molecular flexibility index (Phi) is 4.78.